The van der Waals surface area contributed by atoms with Crippen LogP contribution in [-0.2, 0) is 17.8 Å². The van der Waals surface area contributed by atoms with E-state index in [0.717, 1.165) is 51.5 Å². The van der Waals surface area contributed by atoms with Gasteiger partial charge in [-0.1, -0.05) is 0 Å². The van der Waals surface area contributed by atoms with E-state index in [1.807, 2.05) is 57.5 Å². The van der Waals surface area contributed by atoms with Gasteiger partial charge in [0.05, 0.1) is 25.3 Å². The highest BCUT2D eigenvalue weighted by Crippen LogP contribution is 2.32. The average Bonchev–Trinajstić information content (AvgIpc) is 3.12. The van der Waals surface area contributed by atoms with E-state index in [9.17, 15) is 4.79 Å². The zero-order valence-electron chi connectivity index (χ0n) is 16.8. The van der Waals surface area contributed by atoms with Gasteiger partial charge in [0.15, 0.2) is 0 Å². The lowest BCUT2D eigenvalue weighted by molar-refractivity contribution is -0.121. The second-order valence-electron chi connectivity index (χ2n) is 6.88. The molecule has 0 aliphatic heterocycles. The van der Waals surface area contributed by atoms with Crippen molar-refractivity contribution in [2.45, 2.75) is 53.6 Å². The van der Waals surface area contributed by atoms with Crippen molar-refractivity contribution in [3.63, 3.8) is 0 Å². The van der Waals surface area contributed by atoms with Gasteiger partial charge in [0, 0.05) is 28.8 Å². The molecule has 144 valence electrons. The Bertz CT molecular complexity index is 984. The van der Waals surface area contributed by atoms with Crippen molar-refractivity contribution in [3.05, 3.63) is 46.5 Å². The third kappa shape index (κ3) is 3.56. The summed E-state index contributed by atoms with van der Waals surface area (Å²) in [7, 11) is 1.64. The maximum absolute atomic E-state index is 12.6. The van der Waals surface area contributed by atoms with Crippen LogP contribution >= 0.6 is 0 Å². The number of amides is 1. The molecule has 1 amide bonds. The van der Waals surface area contributed by atoms with Gasteiger partial charge in [0.25, 0.3) is 0 Å². The molecule has 0 bridgehead atoms. The van der Waals surface area contributed by atoms with Crippen LogP contribution < -0.4 is 10.1 Å². The van der Waals surface area contributed by atoms with E-state index in [1.54, 1.807) is 7.11 Å². The van der Waals surface area contributed by atoms with E-state index in [4.69, 9.17) is 9.15 Å². The monoisotopic (exact) mass is 369 g/mol. The number of hydrogen-bond donors (Lipinski definition) is 1. The second-order valence-corrected chi connectivity index (χ2v) is 6.88. The molecule has 0 aliphatic carbocycles. The first kappa shape index (κ1) is 19.0. The molecule has 1 unspecified atom stereocenters. The Balaban J connectivity index is 1.78. The van der Waals surface area contributed by atoms with E-state index in [-0.39, 0.29) is 11.9 Å². The van der Waals surface area contributed by atoms with Crippen molar-refractivity contribution in [3.8, 4) is 5.75 Å². The van der Waals surface area contributed by atoms with Gasteiger partial charge in [-0.25, -0.2) is 0 Å². The summed E-state index contributed by atoms with van der Waals surface area (Å²) in [6.45, 7) is 10.7. The van der Waals surface area contributed by atoms with Crippen molar-refractivity contribution in [1.29, 1.82) is 0 Å². The number of benzene rings is 1. The molecule has 1 N–H and O–H groups in total. The number of nitrogens with zero attached hydrogens (tertiary/aromatic N) is 2. The van der Waals surface area contributed by atoms with Crippen molar-refractivity contribution in [1.82, 2.24) is 15.1 Å². The van der Waals surface area contributed by atoms with E-state index in [2.05, 4.69) is 10.4 Å². The number of methoxy groups -OCH3 is 1. The number of ether oxygens (including phenoxy) is 1. The fraction of sp³-hybridized carbons (Fsp3) is 0.429. The number of nitrogens with one attached hydrogen (secondary N) is 1. The fourth-order valence-electron chi connectivity index (χ4n) is 3.58. The molecule has 2 aromatic heterocycles. The maximum Gasteiger partial charge on any atom is 0.225 e. The lowest BCUT2D eigenvalue weighted by Crippen LogP contribution is -2.28. The molecule has 3 aromatic rings. The van der Waals surface area contributed by atoms with Gasteiger partial charge in [-0.2, -0.15) is 5.10 Å². The third-order valence-electron chi connectivity index (χ3n) is 5.12. The highest BCUT2D eigenvalue weighted by atomic mass is 16.5. The molecule has 1 aromatic carbocycles. The van der Waals surface area contributed by atoms with Crippen molar-refractivity contribution >= 4 is 16.9 Å². The largest absolute Gasteiger partial charge is 0.497 e. The summed E-state index contributed by atoms with van der Waals surface area (Å²) >= 11 is 0. The van der Waals surface area contributed by atoms with Gasteiger partial charge in [-0.3, -0.25) is 9.48 Å². The summed E-state index contributed by atoms with van der Waals surface area (Å²) in [5.41, 5.74) is 4.75. The lowest BCUT2D eigenvalue weighted by atomic mass is 10.1. The Kier molecular flexibility index (Phi) is 5.26. The summed E-state index contributed by atoms with van der Waals surface area (Å²) in [5.74, 6) is 1.51. The summed E-state index contributed by atoms with van der Waals surface area (Å²) in [5, 5.41) is 8.54. The molecule has 0 aliphatic rings. The van der Waals surface area contributed by atoms with Crippen LogP contribution in [0.1, 0.15) is 48.2 Å². The standard InChI is InChI=1S/C21H27N3O3/c1-7-24-15(5)18(13(3)23-24)11-20(25)22-14(4)21-12(2)17-10-16(26-6)8-9-19(17)27-21/h8-10,14H,7,11H2,1-6H3,(H,22,25). The first-order valence-corrected chi connectivity index (χ1v) is 9.25. The quantitative estimate of drug-likeness (QED) is 0.713. The predicted molar refractivity (Wildman–Crippen MR) is 105 cm³/mol. The first-order valence-electron chi connectivity index (χ1n) is 9.25. The SMILES string of the molecule is CCn1nc(C)c(CC(=O)NC(C)c2oc3ccc(OC)cc3c2C)c1C. The van der Waals surface area contributed by atoms with Crippen molar-refractivity contribution in [2.75, 3.05) is 7.11 Å². The molecular weight excluding hydrogens is 342 g/mol. The molecule has 0 saturated carbocycles. The smallest absolute Gasteiger partial charge is 0.225 e. The van der Waals surface area contributed by atoms with Gasteiger partial charge in [0.1, 0.15) is 17.1 Å². The van der Waals surface area contributed by atoms with Crippen LogP contribution in [0.15, 0.2) is 22.6 Å². The molecule has 0 saturated heterocycles. The minimum Gasteiger partial charge on any atom is -0.497 e. The van der Waals surface area contributed by atoms with Gasteiger partial charge in [0.2, 0.25) is 5.91 Å². The molecule has 2 heterocycles. The number of rotatable bonds is 6. The third-order valence-corrected chi connectivity index (χ3v) is 5.12. The Morgan fingerprint density at radius 3 is 2.70 bits per heavy atom. The van der Waals surface area contributed by atoms with Crippen LogP contribution in [0.2, 0.25) is 0 Å². The number of aromatic nitrogens is 2. The predicted octanol–water partition coefficient (Wildman–Crippen LogP) is 4.00. The molecule has 3 rings (SSSR count). The van der Waals surface area contributed by atoms with E-state index in [0.29, 0.717) is 6.42 Å². The van der Waals surface area contributed by atoms with Crippen molar-refractivity contribution < 1.29 is 13.9 Å². The van der Waals surface area contributed by atoms with Gasteiger partial charge < -0.3 is 14.5 Å². The van der Waals surface area contributed by atoms with Crippen molar-refractivity contribution in [2.24, 2.45) is 0 Å². The van der Waals surface area contributed by atoms with Gasteiger partial charge in [-0.15, -0.1) is 0 Å². The molecule has 1 atom stereocenters. The van der Waals surface area contributed by atoms with Crippen LogP contribution in [0, 0.1) is 20.8 Å². The van der Waals surface area contributed by atoms with Crippen LogP contribution in [0.25, 0.3) is 11.0 Å². The Hall–Kier alpha value is -2.76. The van der Waals surface area contributed by atoms with Gasteiger partial charge in [-0.05, 0) is 52.8 Å². The molecule has 0 spiro atoms. The highest BCUT2D eigenvalue weighted by Gasteiger charge is 2.20. The van der Waals surface area contributed by atoms with Gasteiger partial charge >= 0.3 is 0 Å². The molecular formula is C21H27N3O3. The summed E-state index contributed by atoms with van der Waals surface area (Å²) in [4.78, 5) is 12.6. The first-order chi connectivity index (χ1) is 12.8. The van der Waals surface area contributed by atoms with E-state index in [1.165, 1.54) is 0 Å². The van der Waals surface area contributed by atoms with E-state index >= 15 is 0 Å². The summed E-state index contributed by atoms with van der Waals surface area (Å²) < 4.78 is 13.2. The van der Waals surface area contributed by atoms with Crippen LogP contribution in [-0.4, -0.2) is 22.8 Å². The molecule has 6 heteroatoms. The number of fused-ring (bicyclic) bond motifs is 1. The zero-order chi connectivity index (χ0) is 19.7. The molecule has 27 heavy (non-hydrogen) atoms. The summed E-state index contributed by atoms with van der Waals surface area (Å²) in [6.07, 6.45) is 0.315. The van der Waals surface area contributed by atoms with Crippen LogP contribution in [0.3, 0.4) is 0 Å². The Labute approximate surface area is 159 Å². The fourth-order valence-corrected chi connectivity index (χ4v) is 3.58. The average molecular weight is 369 g/mol. The molecule has 6 nitrogen and oxygen atoms in total. The number of hydrogen-bond acceptors (Lipinski definition) is 4. The lowest BCUT2D eigenvalue weighted by Gasteiger charge is -2.13. The van der Waals surface area contributed by atoms with E-state index < -0.39 is 0 Å². The normalized spacial score (nSPS) is 12.4. The molecule has 0 radical (unpaired) electrons. The van der Waals surface area contributed by atoms with Crippen LogP contribution in [0.4, 0.5) is 0 Å². The Morgan fingerprint density at radius 2 is 2.07 bits per heavy atom. The maximum atomic E-state index is 12.6. The number of furan rings is 1. The highest BCUT2D eigenvalue weighted by molar-refractivity contribution is 5.84. The minimum absolute atomic E-state index is 0.0400. The summed E-state index contributed by atoms with van der Waals surface area (Å²) in [6, 6.07) is 5.50. The number of aryl methyl sites for hydroxylation is 3. The topological polar surface area (TPSA) is 69.3 Å². The second kappa shape index (κ2) is 7.47. The molecule has 0 fully saturated rings. The van der Waals surface area contributed by atoms with Crippen LogP contribution in [0.5, 0.6) is 5.75 Å². The minimum atomic E-state index is -0.224. The zero-order valence-corrected chi connectivity index (χ0v) is 16.8. The Morgan fingerprint density at radius 1 is 1.33 bits per heavy atom. The number of carbonyl (C=O) groups excluding carboxylic acids is 1. The number of carbonyl (C=O) groups is 1.